The van der Waals surface area contributed by atoms with Crippen molar-refractivity contribution in [2.24, 2.45) is 0 Å². The average Bonchev–Trinajstić information content (AvgIpc) is 2.84. The van der Waals surface area contributed by atoms with Gasteiger partial charge >= 0.3 is 0 Å². The van der Waals surface area contributed by atoms with Crippen LogP contribution in [0.4, 0.5) is 0 Å². The highest BCUT2D eigenvalue weighted by Gasteiger charge is 2.31. The summed E-state index contributed by atoms with van der Waals surface area (Å²) >= 11 is 0. The van der Waals surface area contributed by atoms with Crippen LogP contribution >= 0.6 is 0 Å². The number of carbonyl (C=O) groups excluding carboxylic acids is 2. The highest BCUT2D eigenvalue weighted by atomic mass is 16.2. The van der Waals surface area contributed by atoms with Gasteiger partial charge in [-0.1, -0.05) is 24.3 Å². The van der Waals surface area contributed by atoms with Crippen molar-refractivity contribution in [3.05, 3.63) is 35.4 Å². The summed E-state index contributed by atoms with van der Waals surface area (Å²) in [6, 6.07) is 7.93. The topological polar surface area (TPSA) is 49.4 Å². The van der Waals surface area contributed by atoms with Crippen LogP contribution in [0.1, 0.15) is 24.0 Å². The quantitative estimate of drug-likeness (QED) is 0.796. The standard InChI is InChI=1S/C14H16N2O2/c17-13-6-5-12(15-13)14(18)16-8-7-10-3-1-2-4-11(10)9-16/h1-4,12H,5-9H2,(H,15,17)/t12-/m0/s1. The minimum absolute atomic E-state index is 0.00856. The molecule has 3 rings (SSSR count). The monoisotopic (exact) mass is 244 g/mol. The zero-order chi connectivity index (χ0) is 12.5. The van der Waals surface area contributed by atoms with Crippen LogP contribution in [0.3, 0.4) is 0 Å². The van der Waals surface area contributed by atoms with Gasteiger partial charge in [0.15, 0.2) is 0 Å². The molecule has 4 nitrogen and oxygen atoms in total. The summed E-state index contributed by atoms with van der Waals surface area (Å²) in [6.07, 6.45) is 2.01. The average molecular weight is 244 g/mol. The maximum Gasteiger partial charge on any atom is 0.245 e. The molecule has 0 bridgehead atoms. The van der Waals surface area contributed by atoms with E-state index in [2.05, 4.69) is 17.4 Å². The van der Waals surface area contributed by atoms with Gasteiger partial charge in [0, 0.05) is 19.5 Å². The first-order valence-corrected chi connectivity index (χ1v) is 6.39. The Bertz CT molecular complexity index is 498. The summed E-state index contributed by atoms with van der Waals surface area (Å²) in [6.45, 7) is 1.42. The maximum atomic E-state index is 12.3. The zero-order valence-electron chi connectivity index (χ0n) is 10.2. The second kappa shape index (κ2) is 4.44. The summed E-state index contributed by atoms with van der Waals surface area (Å²) in [5.41, 5.74) is 2.55. The van der Waals surface area contributed by atoms with Gasteiger partial charge in [0.25, 0.3) is 0 Å². The van der Waals surface area contributed by atoms with Gasteiger partial charge in [0.1, 0.15) is 6.04 Å². The molecule has 1 saturated heterocycles. The van der Waals surface area contributed by atoms with E-state index in [4.69, 9.17) is 0 Å². The van der Waals surface area contributed by atoms with Crippen molar-refractivity contribution < 1.29 is 9.59 Å². The molecule has 2 aliphatic rings. The van der Waals surface area contributed by atoms with E-state index in [9.17, 15) is 9.59 Å². The van der Waals surface area contributed by atoms with Crippen molar-refractivity contribution in [2.75, 3.05) is 6.54 Å². The summed E-state index contributed by atoms with van der Waals surface area (Å²) in [5.74, 6) is 0.0566. The first-order valence-electron chi connectivity index (χ1n) is 6.39. The van der Waals surface area contributed by atoms with Crippen LogP contribution < -0.4 is 5.32 Å². The normalized spacial score (nSPS) is 22.6. The number of nitrogens with one attached hydrogen (secondary N) is 1. The van der Waals surface area contributed by atoms with Gasteiger partial charge < -0.3 is 10.2 Å². The Balaban J connectivity index is 1.72. The summed E-state index contributed by atoms with van der Waals surface area (Å²) < 4.78 is 0. The van der Waals surface area contributed by atoms with E-state index in [0.29, 0.717) is 19.4 Å². The number of amides is 2. The van der Waals surface area contributed by atoms with Crippen molar-refractivity contribution in [3.8, 4) is 0 Å². The molecule has 0 radical (unpaired) electrons. The molecule has 0 aliphatic carbocycles. The van der Waals surface area contributed by atoms with Gasteiger partial charge in [-0.05, 0) is 24.0 Å². The van der Waals surface area contributed by atoms with E-state index in [1.54, 1.807) is 0 Å². The highest BCUT2D eigenvalue weighted by Crippen LogP contribution is 2.20. The third kappa shape index (κ3) is 1.98. The maximum absolute atomic E-state index is 12.3. The molecule has 4 heteroatoms. The van der Waals surface area contributed by atoms with E-state index in [-0.39, 0.29) is 17.9 Å². The number of nitrogens with zero attached hydrogens (tertiary/aromatic N) is 1. The number of fused-ring (bicyclic) bond motifs is 1. The van der Waals surface area contributed by atoms with Crippen molar-refractivity contribution in [1.29, 1.82) is 0 Å². The van der Waals surface area contributed by atoms with Crippen molar-refractivity contribution in [2.45, 2.75) is 31.8 Å². The van der Waals surface area contributed by atoms with Gasteiger partial charge in [-0.15, -0.1) is 0 Å². The number of hydrogen-bond acceptors (Lipinski definition) is 2. The number of rotatable bonds is 1. The fourth-order valence-electron chi connectivity index (χ4n) is 2.70. The van der Waals surface area contributed by atoms with Crippen molar-refractivity contribution in [1.82, 2.24) is 10.2 Å². The fourth-order valence-corrected chi connectivity index (χ4v) is 2.70. The Morgan fingerprint density at radius 3 is 2.72 bits per heavy atom. The molecule has 0 aromatic heterocycles. The van der Waals surface area contributed by atoms with E-state index in [1.165, 1.54) is 11.1 Å². The predicted octanol–water partition coefficient (Wildman–Crippen LogP) is 0.850. The SMILES string of the molecule is O=C1CC[C@@H](C(=O)N2CCc3ccccc3C2)N1. The molecule has 0 spiro atoms. The molecule has 2 aliphatic heterocycles. The molecule has 1 N–H and O–H groups in total. The first-order chi connectivity index (χ1) is 8.74. The molecular weight excluding hydrogens is 228 g/mol. The third-order valence-corrected chi connectivity index (χ3v) is 3.74. The molecule has 1 aromatic rings. The summed E-state index contributed by atoms with van der Waals surface area (Å²) in [4.78, 5) is 25.3. The minimum atomic E-state index is -0.303. The first kappa shape index (κ1) is 11.3. The highest BCUT2D eigenvalue weighted by molar-refractivity contribution is 5.90. The smallest absolute Gasteiger partial charge is 0.245 e. The van der Waals surface area contributed by atoms with Crippen molar-refractivity contribution >= 4 is 11.8 Å². The number of carbonyl (C=O) groups is 2. The molecule has 2 amide bonds. The molecule has 0 saturated carbocycles. The lowest BCUT2D eigenvalue weighted by atomic mass is 9.99. The molecule has 1 fully saturated rings. The predicted molar refractivity (Wildman–Crippen MR) is 66.7 cm³/mol. The van der Waals surface area contributed by atoms with Crippen LogP contribution in [0.2, 0.25) is 0 Å². The fraction of sp³-hybridized carbons (Fsp3) is 0.429. The number of benzene rings is 1. The largest absolute Gasteiger partial charge is 0.344 e. The Morgan fingerprint density at radius 1 is 1.22 bits per heavy atom. The lowest BCUT2D eigenvalue weighted by molar-refractivity contribution is -0.135. The second-order valence-electron chi connectivity index (χ2n) is 4.94. The van der Waals surface area contributed by atoms with Crippen molar-refractivity contribution in [3.63, 3.8) is 0 Å². The van der Waals surface area contributed by atoms with E-state index in [1.807, 2.05) is 17.0 Å². The van der Waals surface area contributed by atoms with Crippen LogP contribution in [-0.2, 0) is 22.6 Å². The molecule has 1 atom stereocenters. The molecular formula is C14H16N2O2. The van der Waals surface area contributed by atoms with E-state index >= 15 is 0 Å². The van der Waals surface area contributed by atoms with E-state index in [0.717, 1.165) is 13.0 Å². The minimum Gasteiger partial charge on any atom is -0.344 e. The summed E-state index contributed by atoms with van der Waals surface area (Å²) in [7, 11) is 0. The second-order valence-corrected chi connectivity index (χ2v) is 4.94. The lowest BCUT2D eigenvalue weighted by Crippen LogP contribution is -2.46. The van der Waals surface area contributed by atoms with Crippen LogP contribution in [0.5, 0.6) is 0 Å². The Hall–Kier alpha value is -1.84. The zero-order valence-corrected chi connectivity index (χ0v) is 10.2. The number of hydrogen-bond donors (Lipinski definition) is 1. The van der Waals surface area contributed by atoms with Crippen LogP contribution in [-0.4, -0.2) is 29.3 Å². The molecule has 18 heavy (non-hydrogen) atoms. The van der Waals surface area contributed by atoms with Crippen LogP contribution in [0.15, 0.2) is 24.3 Å². The molecule has 2 heterocycles. The lowest BCUT2D eigenvalue weighted by Gasteiger charge is -2.30. The Kier molecular flexibility index (Phi) is 2.78. The van der Waals surface area contributed by atoms with Crippen LogP contribution in [0.25, 0.3) is 0 Å². The third-order valence-electron chi connectivity index (χ3n) is 3.74. The van der Waals surface area contributed by atoms with Gasteiger partial charge in [-0.2, -0.15) is 0 Å². The molecule has 94 valence electrons. The van der Waals surface area contributed by atoms with Gasteiger partial charge in [-0.3, -0.25) is 9.59 Å². The Morgan fingerprint density at radius 2 is 2.00 bits per heavy atom. The summed E-state index contributed by atoms with van der Waals surface area (Å²) in [5, 5.41) is 2.74. The van der Waals surface area contributed by atoms with Gasteiger partial charge in [0.2, 0.25) is 11.8 Å². The molecule has 0 unspecified atom stereocenters. The molecule has 1 aromatic carbocycles. The van der Waals surface area contributed by atoms with Crippen LogP contribution in [0, 0.1) is 0 Å². The van der Waals surface area contributed by atoms with Gasteiger partial charge in [0.05, 0.1) is 0 Å². The Labute approximate surface area is 106 Å². The van der Waals surface area contributed by atoms with E-state index < -0.39 is 0 Å². The van der Waals surface area contributed by atoms with Gasteiger partial charge in [-0.25, -0.2) is 0 Å².